The molecule has 1 heterocycles. The van der Waals surface area contributed by atoms with Crippen LogP contribution in [-0.4, -0.2) is 36.1 Å². The summed E-state index contributed by atoms with van der Waals surface area (Å²) in [7, 11) is 0. The van der Waals surface area contributed by atoms with E-state index in [1.54, 1.807) is 0 Å². The van der Waals surface area contributed by atoms with E-state index in [0.717, 1.165) is 25.1 Å². The first-order valence-electron chi connectivity index (χ1n) is 9.45. The monoisotopic (exact) mass is 330 g/mol. The molecule has 1 amide bonds. The highest BCUT2D eigenvalue weighted by molar-refractivity contribution is 5.91. The number of hydrogen-bond donors (Lipinski definition) is 1. The fourth-order valence-electron chi connectivity index (χ4n) is 3.77. The summed E-state index contributed by atoms with van der Waals surface area (Å²) < 4.78 is 5.65. The van der Waals surface area contributed by atoms with E-state index < -0.39 is 0 Å². The Morgan fingerprint density at radius 2 is 1.83 bits per heavy atom. The third-order valence-corrected chi connectivity index (χ3v) is 5.32. The zero-order chi connectivity index (χ0) is 16.8. The lowest BCUT2D eigenvalue weighted by Crippen LogP contribution is -2.36. The Morgan fingerprint density at radius 1 is 1.12 bits per heavy atom. The molecule has 1 saturated heterocycles. The molecule has 0 aromatic heterocycles. The fourth-order valence-corrected chi connectivity index (χ4v) is 3.77. The highest BCUT2D eigenvalue weighted by Crippen LogP contribution is 2.21. The van der Waals surface area contributed by atoms with Gasteiger partial charge in [0.15, 0.2) is 0 Å². The van der Waals surface area contributed by atoms with Crippen LogP contribution in [0.25, 0.3) is 0 Å². The van der Waals surface area contributed by atoms with E-state index >= 15 is 0 Å². The van der Waals surface area contributed by atoms with Crippen molar-refractivity contribution in [1.82, 2.24) is 4.90 Å². The van der Waals surface area contributed by atoms with Gasteiger partial charge >= 0.3 is 0 Å². The van der Waals surface area contributed by atoms with E-state index in [9.17, 15) is 4.79 Å². The van der Waals surface area contributed by atoms with Crippen LogP contribution in [0.15, 0.2) is 24.3 Å². The smallest absolute Gasteiger partial charge is 0.250 e. The molecular formula is C20H30N2O2. The van der Waals surface area contributed by atoms with Crippen molar-refractivity contribution in [2.45, 2.75) is 70.6 Å². The van der Waals surface area contributed by atoms with E-state index in [1.165, 1.54) is 44.2 Å². The van der Waals surface area contributed by atoms with Gasteiger partial charge < -0.3 is 10.1 Å². The number of ether oxygens (including phenoxy) is 1. The lowest BCUT2D eigenvalue weighted by molar-refractivity contribution is -0.122. The minimum atomic E-state index is -0.0562. The number of hydrogen-bond acceptors (Lipinski definition) is 3. The van der Waals surface area contributed by atoms with Crippen molar-refractivity contribution in [3.8, 4) is 0 Å². The molecule has 1 saturated carbocycles. The van der Waals surface area contributed by atoms with Gasteiger partial charge in [-0.1, -0.05) is 31.4 Å². The first-order chi connectivity index (χ1) is 11.7. The third kappa shape index (κ3) is 5.05. The van der Waals surface area contributed by atoms with E-state index in [0.29, 0.717) is 6.04 Å². The van der Waals surface area contributed by atoms with Crippen molar-refractivity contribution in [3.63, 3.8) is 0 Å². The number of rotatable bonds is 6. The largest absolute Gasteiger partial charge is 0.368 e. The number of nitrogens with zero attached hydrogens (tertiary/aromatic N) is 1. The Bertz CT molecular complexity index is 523. The van der Waals surface area contributed by atoms with Crippen molar-refractivity contribution >= 4 is 11.6 Å². The average Bonchev–Trinajstić information content (AvgIpc) is 3.10. The Labute approximate surface area is 145 Å². The third-order valence-electron chi connectivity index (χ3n) is 5.32. The zero-order valence-electron chi connectivity index (χ0n) is 14.8. The maximum Gasteiger partial charge on any atom is 0.250 e. The Balaban J connectivity index is 1.44. The molecule has 4 nitrogen and oxygen atoms in total. The molecule has 0 radical (unpaired) electrons. The lowest BCUT2D eigenvalue weighted by Gasteiger charge is -2.33. The number of carbonyl (C=O) groups excluding carboxylic acids is 1. The molecule has 1 aliphatic carbocycles. The highest BCUT2D eigenvalue weighted by Gasteiger charge is 2.18. The summed E-state index contributed by atoms with van der Waals surface area (Å²) in [6.45, 7) is 4.67. The van der Waals surface area contributed by atoms with Crippen LogP contribution in [0.4, 0.5) is 5.69 Å². The summed E-state index contributed by atoms with van der Waals surface area (Å²) in [6, 6.07) is 8.91. The van der Waals surface area contributed by atoms with Crippen LogP contribution in [0.3, 0.4) is 0 Å². The Hall–Kier alpha value is -1.39. The normalized spacial score (nSPS) is 22.6. The first-order valence-corrected chi connectivity index (χ1v) is 9.45. The van der Waals surface area contributed by atoms with Gasteiger partial charge in [0.25, 0.3) is 0 Å². The van der Waals surface area contributed by atoms with Gasteiger partial charge in [0.2, 0.25) is 5.91 Å². The molecule has 0 bridgehead atoms. The zero-order valence-corrected chi connectivity index (χ0v) is 14.8. The van der Waals surface area contributed by atoms with Crippen molar-refractivity contribution in [2.24, 2.45) is 0 Å². The molecule has 2 fully saturated rings. The predicted octanol–water partition coefficient (Wildman–Crippen LogP) is 3.96. The van der Waals surface area contributed by atoms with E-state index in [1.807, 2.05) is 12.1 Å². The molecule has 1 aliphatic heterocycles. The number of piperidine rings is 1. The van der Waals surface area contributed by atoms with Gasteiger partial charge in [-0.2, -0.15) is 0 Å². The van der Waals surface area contributed by atoms with E-state index in [4.69, 9.17) is 4.74 Å². The van der Waals surface area contributed by atoms with Crippen LogP contribution in [0.2, 0.25) is 0 Å². The number of benzene rings is 1. The molecule has 1 aromatic rings. The molecule has 0 spiro atoms. The van der Waals surface area contributed by atoms with Crippen LogP contribution in [0, 0.1) is 0 Å². The van der Waals surface area contributed by atoms with Crippen LogP contribution < -0.4 is 5.32 Å². The predicted molar refractivity (Wildman–Crippen MR) is 97.0 cm³/mol. The van der Waals surface area contributed by atoms with Crippen LogP contribution in [-0.2, 0) is 16.1 Å². The summed E-state index contributed by atoms with van der Waals surface area (Å²) in [5, 5.41) is 2.93. The number of carbonyl (C=O) groups is 1. The maximum atomic E-state index is 12.0. The molecular weight excluding hydrogens is 300 g/mol. The minimum Gasteiger partial charge on any atom is -0.368 e. The van der Waals surface area contributed by atoms with Gasteiger partial charge in [-0.15, -0.1) is 0 Å². The molecule has 1 atom stereocenters. The van der Waals surface area contributed by atoms with Gasteiger partial charge in [0, 0.05) is 18.3 Å². The maximum absolute atomic E-state index is 12.0. The summed E-state index contributed by atoms with van der Waals surface area (Å²) >= 11 is 0. The average molecular weight is 330 g/mol. The molecule has 132 valence electrons. The van der Waals surface area contributed by atoms with Gasteiger partial charge in [0.05, 0.1) is 6.10 Å². The van der Waals surface area contributed by atoms with Crippen molar-refractivity contribution in [1.29, 1.82) is 0 Å². The van der Waals surface area contributed by atoms with Gasteiger partial charge in [0.1, 0.15) is 6.61 Å². The minimum absolute atomic E-state index is 0.0562. The van der Waals surface area contributed by atoms with Crippen molar-refractivity contribution in [2.75, 3.05) is 18.5 Å². The van der Waals surface area contributed by atoms with Gasteiger partial charge in [-0.05, 0) is 56.8 Å². The van der Waals surface area contributed by atoms with Crippen LogP contribution in [0.5, 0.6) is 0 Å². The van der Waals surface area contributed by atoms with Crippen LogP contribution >= 0.6 is 0 Å². The number of amides is 1. The fraction of sp³-hybridized carbons (Fsp3) is 0.650. The molecule has 24 heavy (non-hydrogen) atoms. The SMILES string of the molecule is C[C@H]1CCCCN1Cc1ccc(NC(=O)COC2CCCC2)cc1. The summed E-state index contributed by atoms with van der Waals surface area (Å²) in [5.41, 5.74) is 2.16. The second kappa shape index (κ2) is 8.63. The Kier molecular flexibility index (Phi) is 6.27. The Morgan fingerprint density at radius 3 is 2.54 bits per heavy atom. The quantitative estimate of drug-likeness (QED) is 0.858. The van der Waals surface area contributed by atoms with E-state index in [-0.39, 0.29) is 18.6 Å². The second-order valence-corrected chi connectivity index (χ2v) is 7.28. The first kappa shape index (κ1) is 17.4. The van der Waals surface area contributed by atoms with Crippen molar-refractivity contribution in [3.05, 3.63) is 29.8 Å². The summed E-state index contributed by atoms with van der Waals surface area (Å²) in [4.78, 5) is 14.5. The van der Waals surface area contributed by atoms with Gasteiger partial charge in [-0.3, -0.25) is 9.69 Å². The summed E-state index contributed by atoms with van der Waals surface area (Å²) in [6.07, 6.45) is 8.88. The van der Waals surface area contributed by atoms with E-state index in [2.05, 4.69) is 29.3 Å². The second-order valence-electron chi connectivity index (χ2n) is 7.28. The standard InChI is InChI=1S/C20H30N2O2/c1-16-6-4-5-13-22(16)14-17-9-11-18(12-10-17)21-20(23)15-24-19-7-2-3-8-19/h9-12,16,19H,2-8,13-15H2,1H3,(H,21,23)/t16-/m0/s1. The molecule has 0 unspecified atom stereocenters. The topological polar surface area (TPSA) is 41.6 Å². The number of likely N-dealkylation sites (tertiary alicyclic amines) is 1. The van der Waals surface area contributed by atoms with Crippen LogP contribution in [0.1, 0.15) is 57.4 Å². The highest BCUT2D eigenvalue weighted by atomic mass is 16.5. The van der Waals surface area contributed by atoms with Crippen molar-refractivity contribution < 1.29 is 9.53 Å². The summed E-state index contributed by atoms with van der Waals surface area (Å²) in [5.74, 6) is -0.0562. The number of nitrogens with one attached hydrogen (secondary N) is 1. The molecule has 1 aromatic carbocycles. The molecule has 1 N–H and O–H groups in total. The van der Waals surface area contributed by atoms with Gasteiger partial charge in [-0.25, -0.2) is 0 Å². The molecule has 2 aliphatic rings. The molecule has 3 rings (SSSR count). The lowest BCUT2D eigenvalue weighted by atomic mass is 10.0. The molecule has 4 heteroatoms. The number of anilines is 1.